The fourth-order valence-electron chi connectivity index (χ4n) is 4.54. The van der Waals surface area contributed by atoms with E-state index in [1.807, 2.05) is 48.1 Å². The molecule has 33 heavy (non-hydrogen) atoms. The molecule has 8 heteroatoms. The number of pyridine rings is 1. The number of nitrogens with zero attached hydrogens (tertiary/aromatic N) is 7. The number of hydrogen-bond acceptors (Lipinski definition) is 7. The van der Waals surface area contributed by atoms with Crippen molar-refractivity contribution < 1.29 is 0 Å². The monoisotopic (exact) mass is 442 g/mol. The molecule has 0 radical (unpaired) electrons. The molecule has 8 nitrogen and oxygen atoms in total. The predicted molar refractivity (Wildman–Crippen MR) is 132 cm³/mol. The number of fused-ring (bicyclic) bond motifs is 1. The lowest BCUT2D eigenvalue weighted by molar-refractivity contribution is 0.360. The third-order valence-electron chi connectivity index (χ3n) is 6.26. The van der Waals surface area contributed by atoms with Gasteiger partial charge in [0, 0.05) is 50.4 Å². The summed E-state index contributed by atoms with van der Waals surface area (Å²) in [6.07, 6.45) is 2.92. The Hall–Kier alpha value is -3.52. The predicted octanol–water partition coefficient (Wildman–Crippen LogP) is 3.49. The molecule has 0 aliphatic carbocycles. The Morgan fingerprint density at radius 3 is 2.64 bits per heavy atom. The van der Waals surface area contributed by atoms with E-state index < -0.39 is 0 Å². The van der Waals surface area contributed by atoms with Gasteiger partial charge in [0.1, 0.15) is 17.3 Å². The Balaban J connectivity index is 1.48. The van der Waals surface area contributed by atoms with E-state index in [4.69, 9.17) is 15.1 Å². The van der Waals surface area contributed by atoms with Gasteiger partial charge < -0.3 is 15.1 Å². The fourth-order valence-corrected chi connectivity index (χ4v) is 4.54. The highest BCUT2D eigenvalue weighted by atomic mass is 15.4. The summed E-state index contributed by atoms with van der Waals surface area (Å²) in [5, 5.41) is 9.35. The van der Waals surface area contributed by atoms with Crippen LogP contribution in [0.2, 0.25) is 0 Å². The lowest BCUT2D eigenvalue weighted by Gasteiger charge is -2.24. The summed E-state index contributed by atoms with van der Waals surface area (Å²) in [7, 11) is 4.24. The highest BCUT2D eigenvalue weighted by molar-refractivity contribution is 5.90. The zero-order valence-corrected chi connectivity index (χ0v) is 19.5. The zero-order chi connectivity index (χ0) is 22.8. The van der Waals surface area contributed by atoms with E-state index in [0.717, 1.165) is 60.7 Å². The van der Waals surface area contributed by atoms with Gasteiger partial charge in [0.15, 0.2) is 5.82 Å². The van der Waals surface area contributed by atoms with Crippen LogP contribution in [0.3, 0.4) is 0 Å². The average molecular weight is 443 g/mol. The van der Waals surface area contributed by atoms with Crippen molar-refractivity contribution in [3.8, 4) is 11.5 Å². The molecule has 1 N–H and O–H groups in total. The second-order valence-corrected chi connectivity index (χ2v) is 8.64. The van der Waals surface area contributed by atoms with Gasteiger partial charge in [-0.2, -0.15) is 5.10 Å². The Bertz CT molecular complexity index is 1250. The van der Waals surface area contributed by atoms with Crippen LogP contribution in [0.5, 0.6) is 0 Å². The molecular weight excluding hydrogens is 412 g/mol. The molecule has 0 saturated carbocycles. The molecule has 0 unspecified atom stereocenters. The molecule has 1 aliphatic rings. The lowest BCUT2D eigenvalue weighted by atomic mass is 10.2. The van der Waals surface area contributed by atoms with Gasteiger partial charge in [-0.25, -0.2) is 9.97 Å². The van der Waals surface area contributed by atoms with Gasteiger partial charge in [-0.1, -0.05) is 18.2 Å². The van der Waals surface area contributed by atoms with Crippen LogP contribution in [0, 0.1) is 6.92 Å². The van der Waals surface area contributed by atoms with Gasteiger partial charge in [-0.3, -0.25) is 9.67 Å². The van der Waals surface area contributed by atoms with Gasteiger partial charge >= 0.3 is 0 Å². The number of benzene rings is 1. The molecule has 1 aliphatic heterocycles. The van der Waals surface area contributed by atoms with Gasteiger partial charge in [0.25, 0.3) is 0 Å². The van der Waals surface area contributed by atoms with Crippen molar-refractivity contribution in [2.75, 3.05) is 43.4 Å². The topological polar surface area (TPSA) is 75.0 Å². The SMILES string of the molecule is Cc1nn(C)c(N2CCCN(C)CC2)c1CNc1nc(-c2ccccn2)nc2ccccc12. The molecule has 4 aromatic rings. The number of nitrogens with one attached hydrogen (secondary N) is 1. The normalized spacial score (nSPS) is 15.1. The van der Waals surface area contributed by atoms with E-state index in [2.05, 4.69) is 40.1 Å². The fraction of sp³-hybridized carbons (Fsp3) is 0.360. The maximum Gasteiger partial charge on any atom is 0.180 e. The third-order valence-corrected chi connectivity index (χ3v) is 6.26. The molecule has 3 aromatic heterocycles. The first-order valence-corrected chi connectivity index (χ1v) is 11.5. The Morgan fingerprint density at radius 2 is 1.79 bits per heavy atom. The molecule has 0 atom stereocenters. The minimum Gasteiger partial charge on any atom is -0.365 e. The first-order valence-electron chi connectivity index (χ1n) is 11.5. The van der Waals surface area contributed by atoms with Crippen molar-refractivity contribution in [1.29, 1.82) is 0 Å². The Kier molecular flexibility index (Phi) is 5.92. The van der Waals surface area contributed by atoms with E-state index >= 15 is 0 Å². The Morgan fingerprint density at radius 1 is 0.939 bits per heavy atom. The zero-order valence-electron chi connectivity index (χ0n) is 19.5. The largest absolute Gasteiger partial charge is 0.365 e. The maximum absolute atomic E-state index is 4.86. The number of hydrogen-bond donors (Lipinski definition) is 1. The van der Waals surface area contributed by atoms with Crippen LogP contribution in [-0.4, -0.2) is 62.9 Å². The van der Waals surface area contributed by atoms with Crippen molar-refractivity contribution >= 4 is 22.5 Å². The number of anilines is 2. The molecule has 1 fully saturated rings. The van der Waals surface area contributed by atoms with Gasteiger partial charge in [-0.15, -0.1) is 0 Å². The van der Waals surface area contributed by atoms with Crippen LogP contribution in [-0.2, 0) is 13.6 Å². The summed E-state index contributed by atoms with van der Waals surface area (Å²) >= 11 is 0. The van der Waals surface area contributed by atoms with Gasteiger partial charge in [0.2, 0.25) is 0 Å². The summed E-state index contributed by atoms with van der Waals surface area (Å²) < 4.78 is 2.02. The maximum atomic E-state index is 4.86. The average Bonchev–Trinajstić information content (AvgIpc) is 2.97. The van der Waals surface area contributed by atoms with Gasteiger partial charge in [0.05, 0.1) is 11.2 Å². The quantitative estimate of drug-likeness (QED) is 0.507. The second kappa shape index (κ2) is 9.15. The van der Waals surface area contributed by atoms with Crippen LogP contribution in [0.25, 0.3) is 22.4 Å². The van der Waals surface area contributed by atoms with Crippen LogP contribution in [0.1, 0.15) is 17.7 Å². The molecular formula is C25H30N8. The lowest BCUT2D eigenvalue weighted by Crippen LogP contribution is -2.31. The first kappa shape index (κ1) is 21.3. The van der Waals surface area contributed by atoms with E-state index in [-0.39, 0.29) is 0 Å². The molecule has 170 valence electrons. The van der Waals surface area contributed by atoms with Crippen LogP contribution in [0.4, 0.5) is 11.6 Å². The number of aromatic nitrogens is 5. The van der Waals surface area contributed by atoms with Crippen LogP contribution in [0.15, 0.2) is 48.7 Å². The first-order chi connectivity index (χ1) is 16.1. The second-order valence-electron chi connectivity index (χ2n) is 8.64. The minimum absolute atomic E-state index is 0.621. The molecule has 5 rings (SSSR count). The van der Waals surface area contributed by atoms with Crippen molar-refractivity contribution in [2.24, 2.45) is 7.05 Å². The minimum atomic E-state index is 0.621. The molecule has 1 aromatic carbocycles. The summed E-state index contributed by atoms with van der Waals surface area (Å²) in [6.45, 7) is 6.95. The molecule has 4 heterocycles. The standard InChI is InChI=1S/C25H30N8/c1-18-20(25(32(3)30-18)33-14-8-13-31(2)15-16-33)17-27-23-19-9-4-5-10-21(19)28-24(29-23)22-11-6-7-12-26-22/h4-7,9-12H,8,13-17H2,1-3H3,(H,27,28,29). The molecule has 0 spiro atoms. The van der Waals surface area contributed by atoms with Gasteiger partial charge in [-0.05, 0) is 51.2 Å². The smallest absolute Gasteiger partial charge is 0.180 e. The molecule has 0 amide bonds. The number of likely N-dealkylation sites (N-methyl/N-ethyl adjacent to an activating group) is 1. The van der Waals surface area contributed by atoms with E-state index in [1.165, 1.54) is 11.4 Å². The highest BCUT2D eigenvalue weighted by Gasteiger charge is 2.22. The number of para-hydroxylation sites is 1. The Labute approximate surface area is 194 Å². The summed E-state index contributed by atoms with van der Waals surface area (Å²) in [5.74, 6) is 2.63. The van der Waals surface area contributed by atoms with Crippen molar-refractivity contribution in [2.45, 2.75) is 19.9 Å². The van der Waals surface area contributed by atoms with E-state index in [9.17, 15) is 0 Å². The van der Waals surface area contributed by atoms with Crippen molar-refractivity contribution in [3.05, 3.63) is 59.9 Å². The highest BCUT2D eigenvalue weighted by Crippen LogP contribution is 2.28. The van der Waals surface area contributed by atoms with Crippen molar-refractivity contribution in [1.82, 2.24) is 29.6 Å². The van der Waals surface area contributed by atoms with Crippen LogP contribution < -0.4 is 10.2 Å². The summed E-state index contributed by atoms with van der Waals surface area (Å²) in [5.41, 5.74) is 3.91. The number of rotatable bonds is 5. The summed E-state index contributed by atoms with van der Waals surface area (Å²) in [4.78, 5) is 18.9. The third kappa shape index (κ3) is 4.39. The van der Waals surface area contributed by atoms with E-state index in [0.29, 0.717) is 12.4 Å². The number of aryl methyl sites for hydroxylation is 2. The molecule has 0 bridgehead atoms. The van der Waals surface area contributed by atoms with E-state index in [1.54, 1.807) is 6.20 Å². The summed E-state index contributed by atoms with van der Waals surface area (Å²) in [6, 6.07) is 13.9. The van der Waals surface area contributed by atoms with Crippen molar-refractivity contribution in [3.63, 3.8) is 0 Å². The molecule has 1 saturated heterocycles. The van der Waals surface area contributed by atoms with Crippen LogP contribution >= 0.6 is 0 Å².